The standard InChI is InChI=1S/2C6H5.C4H5.Bi/c2*1-2-4-6-5-3-1;1-3-4-2;/h2*1-5H;3H,1-2H2;. The van der Waals surface area contributed by atoms with Gasteiger partial charge in [-0.2, -0.15) is 0 Å². The van der Waals surface area contributed by atoms with E-state index < -0.39 is 21.8 Å². The molecule has 0 saturated carbocycles. The van der Waals surface area contributed by atoms with Crippen LogP contribution in [-0.2, 0) is 0 Å². The van der Waals surface area contributed by atoms with E-state index in [1.807, 2.05) is 6.08 Å². The van der Waals surface area contributed by atoms with Crippen LogP contribution in [0, 0.1) is 0 Å². The maximum atomic E-state index is 4.20. The van der Waals surface area contributed by atoms with Crippen LogP contribution in [-0.4, -0.2) is 21.8 Å². The van der Waals surface area contributed by atoms with E-state index >= 15 is 0 Å². The summed E-state index contributed by atoms with van der Waals surface area (Å²) in [5, 5.41) is 0. The van der Waals surface area contributed by atoms with E-state index in [1.165, 1.54) is 9.82 Å². The molecule has 0 N–H and O–H groups in total. The minimum absolute atomic E-state index is 1.23. The second-order valence-electron chi connectivity index (χ2n) is 3.70. The molecule has 0 fully saturated rings. The summed E-state index contributed by atoms with van der Waals surface area (Å²) in [5.41, 5.74) is 0. The molecule has 2 rings (SSSR count). The molecule has 0 heterocycles. The van der Waals surface area contributed by atoms with Crippen molar-refractivity contribution in [1.29, 1.82) is 0 Å². The molecule has 0 atom stereocenters. The first-order valence-corrected chi connectivity index (χ1v) is 10.8. The predicted molar refractivity (Wildman–Crippen MR) is 77.2 cm³/mol. The van der Waals surface area contributed by atoms with E-state index in [1.54, 1.807) is 0 Å². The van der Waals surface area contributed by atoms with Gasteiger partial charge in [-0.05, 0) is 0 Å². The summed E-state index contributed by atoms with van der Waals surface area (Å²) in [4.78, 5) is 0. The van der Waals surface area contributed by atoms with Crippen LogP contribution in [0.1, 0.15) is 0 Å². The molecule has 0 spiro atoms. The van der Waals surface area contributed by atoms with Gasteiger partial charge < -0.3 is 0 Å². The Kier molecular flexibility index (Phi) is 4.28. The van der Waals surface area contributed by atoms with Crippen LogP contribution in [0.3, 0.4) is 0 Å². The summed E-state index contributed by atoms with van der Waals surface area (Å²) >= 11 is -2.09. The van der Waals surface area contributed by atoms with Gasteiger partial charge in [0.25, 0.3) is 0 Å². The Morgan fingerprint density at radius 1 is 0.824 bits per heavy atom. The van der Waals surface area contributed by atoms with Crippen LogP contribution in [0.2, 0.25) is 0 Å². The molecule has 17 heavy (non-hydrogen) atoms. The molecular formula is C16H15Bi. The molecule has 84 valence electrons. The van der Waals surface area contributed by atoms with Crippen LogP contribution in [0.25, 0.3) is 0 Å². The summed E-state index contributed by atoms with van der Waals surface area (Å²) in [7, 11) is 0. The molecule has 0 aliphatic rings. The quantitative estimate of drug-likeness (QED) is 0.531. The molecule has 2 aromatic rings. The Balaban J connectivity index is 2.47. The third-order valence-electron chi connectivity index (χ3n) is 2.55. The third kappa shape index (κ3) is 2.92. The zero-order chi connectivity index (χ0) is 12.1. The Morgan fingerprint density at radius 2 is 1.24 bits per heavy atom. The molecular weight excluding hydrogens is 401 g/mol. The number of hydrogen-bond donors (Lipinski definition) is 0. The second-order valence-corrected chi connectivity index (χ2v) is 12.6. The van der Waals surface area contributed by atoms with Gasteiger partial charge in [-0.15, -0.1) is 0 Å². The van der Waals surface area contributed by atoms with Crippen molar-refractivity contribution in [1.82, 2.24) is 0 Å². The fourth-order valence-electron chi connectivity index (χ4n) is 1.73. The molecule has 0 saturated heterocycles. The minimum atomic E-state index is -2.09. The van der Waals surface area contributed by atoms with Crippen molar-refractivity contribution in [3.05, 3.63) is 83.2 Å². The van der Waals surface area contributed by atoms with E-state index in [-0.39, 0.29) is 0 Å². The van der Waals surface area contributed by atoms with Crippen molar-refractivity contribution in [2.45, 2.75) is 0 Å². The maximum absolute atomic E-state index is 4.20. The second kappa shape index (κ2) is 5.93. The summed E-state index contributed by atoms with van der Waals surface area (Å²) in [5.74, 6) is 0. The molecule has 0 unspecified atom stereocenters. The third-order valence-corrected chi connectivity index (χ3v) is 11.8. The van der Waals surface area contributed by atoms with Gasteiger partial charge >= 0.3 is 111 Å². The van der Waals surface area contributed by atoms with Gasteiger partial charge in [-0.25, -0.2) is 0 Å². The topological polar surface area (TPSA) is 0 Å². The van der Waals surface area contributed by atoms with Crippen molar-refractivity contribution >= 4 is 28.3 Å². The summed E-state index contributed by atoms with van der Waals surface area (Å²) < 4.78 is 4.15. The fraction of sp³-hybridized carbons (Fsp3) is 0. The number of benzene rings is 2. The molecule has 0 aliphatic carbocycles. The van der Waals surface area contributed by atoms with Crippen LogP contribution in [0.5, 0.6) is 0 Å². The summed E-state index contributed by atoms with van der Waals surface area (Å²) in [6.45, 7) is 8.08. The van der Waals surface area contributed by atoms with Gasteiger partial charge in [-0.3, -0.25) is 0 Å². The summed E-state index contributed by atoms with van der Waals surface area (Å²) in [6, 6.07) is 21.4. The first-order chi connectivity index (χ1) is 8.33. The van der Waals surface area contributed by atoms with Gasteiger partial charge in [0.2, 0.25) is 0 Å². The Morgan fingerprint density at radius 3 is 1.59 bits per heavy atom. The number of hydrogen-bond acceptors (Lipinski definition) is 0. The summed E-state index contributed by atoms with van der Waals surface area (Å²) in [6.07, 6.45) is 1.93. The monoisotopic (exact) mass is 416 g/mol. The van der Waals surface area contributed by atoms with Gasteiger partial charge in [0.15, 0.2) is 0 Å². The van der Waals surface area contributed by atoms with Crippen LogP contribution in [0.15, 0.2) is 83.2 Å². The Bertz CT molecular complexity index is 460. The van der Waals surface area contributed by atoms with Gasteiger partial charge in [-0.1, -0.05) is 0 Å². The van der Waals surface area contributed by atoms with Crippen molar-refractivity contribution < 1.29 is 0 Å². The van der Waals surface area contributed by atoms with E-state index in [0.717, 1.165) is 0 Å². The Hall–Kier alpha value is -1.20. The van der Waals surface area contributed by atoms with E-state index in [9.17, 15) is 0 Å². The van der Waals surface area contributed by atoms with Crippen molar-refractivity contribution in [2.75, 3.05) is 0 Å². The first-order valence-electron chi connectivity index (χ1n) is 5.54. The zero-order valence-electron chi connectivity index (χ0n) is 9.71. The van der Waals surface area contributed by atoms with E-state index in [4.69, 9.17) is 0 Å². The normalized spacial score (nSPS) is 10.2. The van der Waals surface area contributed by atoms with E-state index in [0.29, 0.717) is 0 Å². The molecule has 0 nitrogen and oxygen atoms in total. The molecule has 0 aromatic heterocycles. The zero-order valence-corrected chi connectivity index (χ0v) is 13.2. The van der Waals surface area contributed by atoms with Gasteiger partial charge in [0, 0.05) is 0 Å². The first kappa shape index (κ1) is 12.3. The van der Waals surface area contributed by atoms with Crippen LogP contribution in [0.4, 0.5) is 0 Å². The molecule has 0 bridgehead atoms. The Labute approximate surface area is 111 Å². The van der Waals surface area contributed by atoms with Gasteiger partial charge in [0.1, 0.15) is 0 Å². The average Bonchev–Trinajstić information content (AvgIpc) is 2.41. The van der Waals surface area contributed by atoms with Crippen LogP contribution >= 0.6 is 0 Å². The molecule has 0 radical (unpaired) electrons. The van der Waals surface area contributed by atoms with Crippen LogP contribution < -0.4 is 6.54 Å². The molecule has 1 heteroatoms. The number of allylic oxidation sites excluding steroid dienone is 2. The average molecular weight is 416 g/mol. The number of rotatable bonds is 4. The fourth-order valence-corrected chi connectivity index (χ4v) is 9.83. The SMILES string of the molecule is C=C[C](=C)[Bi]([c]1ccccc1)[c]1ccccc1. The van der Waals surface area contributed by atoms with Crippen molar-refractivity contribution in [3.8, 4) is 0 Å². The molecule has 0 amide bonds. The predicted octanol–water partition coefficient (Wildman–Crippen LogP) is 2.58. The molecule has 2 aromatic carbocycles. The van der Waals surface area contributed by atoms with Gasteiger partial charge in [0.05, 0.1) is 0 Å². The van der Waals surface area contributed by atoms with E-state index in [2.05, 4.69) is 73.8 Å². The molecule has 0 aliphatic heterocycles. The van der Waals surface area contributed by atoms with Crippen molar-refractivity contribution in [3.63, 3.8) is 0 Å². The van der Waals surface area contributed by atoms with Crippen molar-refractivity contribution in [2.24, 2.45) is 0 Å².